The minimum absolute atomic E-state index is 0.0479. The second kappa shape index (κ2) is 7.27. The summed E-state index contributed by atoms with van der Waals surface area (Å²) in [6.07, 6.45) is 2.35. The van der Waals surface area contributed by atoms with E-state index < -0.39 is 14.9 Å². The minimum atomic E-state index is -3.63. The maximum atomic E-state index is 12.9. The molecule has 1 aliphatic heterocycles. The lowest BCUT2D eigenvalue weighted by atomic mass is 9.96. The second-order valence-corrected chi connectivity index (χ2v) is 9.46. The van der Waals surface area contributed by atoms with E-state index in [4.69, 9.17) is 0 Å². The highest BCUT2D eigenvalue weighted by Gasteiger charge is 2.36. The van der Waals surface area contributed by atoms with Crippen LogP contribution in [0.3, 0.4) is 0 Å². The Labute approximate surface area is 145 Å². The summed E-state index contributed by atoms with van der Waals surface area (Å²) in [5.74, 6) is 0.396. The number of nitro benzene ring substituents is 1. The van der Waals surface area contributed by atoms with Crippen LogP contribution in [0, 0.1) is 16.0 Å². The standard InChI is InChI=1S/C15H21BrN2O4S/c1-11(2)9-14-10-12(16)7-8-17(14)23(21,22)15-5-3-13(4-6-15)18(19)20/h3-6,11-12,14H,7-10H2,1-2H3/t12-,14+/m0/s1. The van der Waals surface area contributed by atoms with Crippen LogP contribution < -0.4 is 0 Å². The van der Waals surface area contributed by atoms with E-state index in [9.17, 15) is 18.5 Å². The number of sulfonamides is 1. The first-order chi connectivity index (χ1) is 10.7. The summed E-state index contributed by atoms with van der Waals surface area (Å²) in [6, 6.07) is 5.07. The van der Waals surface area contributed by atoms with E-state index in [-0.39, 0.29) is 16.6 Å². The van der Waals surface area contributed by atoms with E-state index in [1.807, 2.05) is 0 Å². The van der Waals surface area contributed by atoms with Crippen molar-refractivity contribution in [2.24, 2.45) is 5.92 Å². The van der Waals surface area contributed by atoms with E-state index >= 15 is 0 Å². The van der Waals surface area contributed by atoms with Crippen molar-refractivity contribution in [2.75, 3.05) is 6.54 Å². The molecule has 0 unspecified atom stereocenters. The molecule has 6 nitrogen and oxygen atoms in total. The Morgan fingerprint density at radius 2 is 1.96 bits per heavy atom. The van der Waals surface area contributed by atoms with Gasteiger partial charge in [0.2, 0.25) is 10.0 Å². The van der Waals surface area contributed by atoms with Crippen LogP contribution in [0.1, 0.15) is 33.1 Å². The van der Waals surface area contributed by atoms with Gasteiger partial charge in [-0.15, -0.1) is 0 Å². The molecule has 2 rings (SSSR count). The first kappa shape index (κ1) is 18.4. The predicted molar refractivity (Wildman–Crippen MR) is 92.2 cm³/mol. The zero-order valence-electron chi connectivity index (χ0n) is 13.2. The summed E-state index contributed by atoms with van der Waals surface area (Å²) in [5.41, 5.74) is -0.109. The molecule has 1 heterocycles. The van der Waals surface area contributed by atoms with Crippen LogP contribution in [0.4, 0.5) is 5.69 Å². The average Bonchev–Trinajstić information content (AvgIpc) is 2.46. The lowest BCUT2D eigenvalue weighted by Gasteiger charge is -2.37. The topological polar surface area (TPSA) is 80.5 Å². The second-order valence-electron chi connectivity index (χ2n) is 6.27. The van der Waals surface area contributed by atoms with E-state index in [1.165, 1.54) is 24.3 Å². The zero-order valence-corrected chi connectivity index (χ0v) is 15.6. The SMILES string of the molecule is CC(C)C[C@@H]1C[C@@H](Br)CCN1S(=O)(=O)c1ccc([N+](=O)[O-])cc1. The first-order valence-electron chi connectivity index (χ1n) is 7.62. The number of hydrogen-bond acceptors (Lipinski definition) is 4. The predicted octanol–water partition coefficient (Wildman–Crippen LogP) is 3.56. The van der Waals surface area contributed by atoms with Gasteiger partial charge >= 0.3 is 0 Å². The fourth-order valence-corrected chi connectivity index (χ4v) is 5.23. The van der Waals surface area contributed by atoms with Crippen molar-refractivity contribution in [3.8, 4) is 0 Å². The van der Waals surface area contributed by atoms with Crippen LogP contribution in [0.5, 0.6) is 0 Å². The maximum Gasteiger partial charge on any atom is 0.269 e. The normalized spacial score (nSPS) is 23.1. The van der Waals surface area contributed by atoms with Crippen molar-refractivity contribution in [3.63, 3.8) is 0 Å². The lowest BCUT2D eigenvalue weighted by Crippen LogP contribution is -2.46. The number of nitro groups is 1. The monoisotopic (exact) mass is 404 g/mol. The molecule has 8 heteroatoms. The third kappa shape index (κ3) is 4.30. The summed E-state index contributed by atoms with van der Waals surface area (Å²) in [5, 5.41) is 10.7. The number of hydrogen-bond donors (Lipinski definition) is 0. The number of benzene rings is 1. The molecule has 0 saturated carbocycles. The first-order valence-corrected chi connectivity index (χ1v) is 9.97. The third-order valence-electron chi connectivity index (χ3n) is 4.00. The molecule has 1 aromatic rings. The number of nitrogens with zero attached hydrogens (tertiary/aromatic N) is 2. The molecule has 0 radical (unpaired) electrons. The molecule has 1 aromatic carbocycles. The fourth-order valence-electron chi connectivity index (χ4n) is 2.93. The van der Waals surface area contributed by atoms with Crippen molar-refractivity contribution >= 4 is 31.6 Å². The van der Waals surface area contributed by atoms with Gasteiger partial charge in [0.15, 0.2) is 0 Å². The van der Waals surface area contributed by atoms with Crippen LogP contribution >= 0.6 is 15.9 Å². The van der Waals surface area contributed by atoms with Gasteiger partial charge in [0.05, 0.1) is 9.82 Å². The molecule has 0 spiro atoms. The van der Waals surface area contributed by atoms with Gasteiger partial charge in [-0.25, -0.2) is 8.42 Å². The van der Waals surface area contributed by atoms with E-state index in [1.54, 1.807) is 4.31 Å². The molecular weight excluding hydrogens is 384 g/mol. The van der Waals surface area contributed by atoms with Crippen LogP contribution in [0.2, 0.25) is 0 Å². The molecule has 23 heavy (non-hydrogen) atoms. The summed E-state index contributed by atoms with van der Waals surface area (Å²) in [4.78, 5) is 10.6. The summed E-state index contributed by atoms with van der Waals surface area (Å²) in [6.45, 7) is 4.62. The Bertz CT molecular complexity index is 659. The molecular formula is C15H21BrN2O4S. The third-order valence-corrected chi connectivity index (χ3v) is 6.79. The quantitative estimate of drug-likeness (QED) is 0.426. The highest BCUT2D eigenvalue weighted by atomic mass is 79.9. The van der Waals surface area contributed by atoms with Gasteiger partial charge in [-0.3, -0.25) is 10.1 Å². The summed E-state index contributed by atoms with van der Waals surface area (Å²) in [7, 11) is -3.63. The maximum absolute atomic E-state index is 12.9. The highest BCUT2D eigenvalue weighted by molar-refractivity contribution is 9.09. The number of halogens is 1. The molecule has 0 amide bonds. The average molecular weight is 405 g/mol. The molecule has 1 fully saturated rings. The Morgan fingerprint density at radius 3 is 2.48 bits per heavy atom. The largest absolute Gasteiger partial charge is 0.269 e. The number of non-ortho nitro benzene ring substituents is 1. The Balaban J connectivity index is 2.30. The van der Waals surface area contributed by atoms with Gasteiger partial charge in [-0.2, -0.15) is 4.31 Å². The molecule has 128 valence electrons. The molecule has 0 N–H and O–H groups in total. The summed E-state index contributed by atoms with van der Waals surface area (Å²) < 4.78 is 27.4. The van der Waals surface area contributed by atoms with Gasteiger partial charge in [0.25, 0.3) is 5.69 Å². The van der Waals surface area contributed by atoms with Crippen molar-refractivity contribution in [3.05, 3.63) is 34.4 Å². The molecule has 0 aliphatic carbocycles. The zero-order chi connectivity index (χ0) is 17.2. The highest BCUT2D eigenvalue weighted by Crippen LogP contribution is 2.32. The van der Waals surface area contributed by atoms with Crippen molar-refractivity contribution < 1.29 is 13.3 Å². The number of rotatable bonds is 5. The Hall–Kier alpha value is -0.990. The van der Waals surface area contributed by atoms with Gasteiger partial charge in [-0.05, 0) is 37.3 Å². The van der Waals surface area contributed by atoms with Crippen molar-refractivity contribution in [1.82, 2.24) is 4.31 Å². The van der Waals surface area contributed by atoms with Gasteiger partial charge in [0, 0.05) is 29.5 Å². The molecule has 1 saturated heterocycles. The molecule has 2 atom stereocenters. The van der Waals surface area contributed by atoms with Crippen LogP contribution in [-0.2, 0) is 10.0 Å². The van der Waals surface area contributed by atoms with Gasteiger partial charge in [-0.1, -0.05) is 29.8 Å². The van der Waals surface area contributed by atoms with Crippen LogP contribution in [0.25, 0.3) is 0 Å². The summed E-state index contributed by atoms with van der Waals surface area (Å²) >= 11 is 3.60. The van der Waals surface area contributed by atoms with E-state index in [0.29, 0.717) is 17.3 Å². The van der Waals surface area contributed by atoms with Crippen molar-refractivity contribution in [1.29, 1.82) is 0 Å². The Kier molecular flexibility index (Phi) is 5.80. The number of alkyl halides is 1. The minimum Gasteiger partial charge on any atom is -0.258 e. The van der Waals surface area contributed by atoms with Crippen molar-refractivity contribution in [2.45, 2.75) is 48.9 Å². The van der Waals surface area contributed by atoms with Gasteiger partial charge < -0.3 is 0 Å². The fraction of sp³-hybridized carbons (Fsp3) is 0.600. The van der Waals surface area contributed by atoms with Crippen LogP contribution in [0.15, 0.2) is 29.2 Å². The smallest absolute Gasteiger partial charge is 0.258 e. The van der Waals surface area contributed by atoms with E-state index in [2.05, 4.69) is 29.8 Å². The molecule has 0 bridgehead atoms. The number of piperidine rings is 1. The van der Waals surface area contributed by atoms with E-state index in [0.717, 1.165) is 19.3 Å². The molecule has 0 aromatic heterocycles. The Morgan fingerprint density at radius 1 is 1.35 bits per heavy atom. The molecule has 1 aliphatic rings. The lowest BCUT2D eigenvalue weighted by molar-refractivity contribution is -0.384. The van der Waals surface area contributed by atoms with Crippen LogP contribution in [-0.4, -0.2) is 35.1 Å². The van der Waals surface area contributed by atoms with Gasteiger partial charge in [0.1, 0.15) is 0 Å².